The summed E-state index contributed by atoms with van der Waals surface area (Å²) < 4.78 is 0. The lowest BCUT2D eigenvalue weighted by atomic mass is 10.3. The molecule has 0 aliphatic carbocycles. The molecule has 0 aliphatic heterocycles. The van der Waals surface area contributed by atoms with Gasteiger partial charge in [0.2, 0.25) is 0 Å². The van der Waals surface area contributed by atoms with Crippen molar-refractivity contribution in [3.05, 3.63) is 42.5 Å². The van der Waals surface area contributed by atoms with Crippen LogP contribution in [-0.2, 0) is 4.79 Å². The smallest absolute Gasteiger partial charge is 0.351 e. The predicted molar refractivity (Wildman–Crippen MR) is 69.3 cm³/mol. The SMILES string of the molecule is CC=CCN(N=C(C)C(=O)O)c1ccccc1. The Balaban J connectivity index is 2.96. The standard InChI is InChI=1S/C13H16N2O2/c1-3-4-10-15(14-11(2)13(16)17)12-8-6-5-7-9-12/h3-9H,10H2,1-2H3,(H,16,17). The molecule has 1 N–H and O–H groups in total. The van der Waals surface area contributed by atoms with E-state index in [9.17, 15) is 4.79 Å². The number of rotatable bonds is 5. The van der Waals surface area contributed by atoms with Crippen LogP contribution in [0.5, 0.6) is 0 Å². The minimum atomic E-state index is -1.01. The molecule has 0 aromatic heterocycles. The van der Waals surface area contributed by atoms with Gasteiger partial charge in [-0.15, -0.1) is 0 Å². The first-order chi connectivity index (χ1) is 8.15. The van der Waals surface area contributed by atoms with Crippen molar-refractivity contribution in [1.82, 2.24) is 0 Å². The molecule has 4 nitrogen and oxygen atoms in total. The van der Waals surface area contributed by atoms with Gasteiger partial charge in [-0.05, 0) is 26.0 Å². The monoisotopic (exact) mass is 232 g/mol. The number of para-hydroxylation sites is 1. The molecule has 0 bridgehead atoms. The van der Waals surface area contributed by atoms with Crippen LogP contribution in [0.4, 0.5) is 5.69 Å². The highest BCUT2D eigenvalue weighted by molar-refractivity contribution is 6.34. The van der Waals surface area contributed by atoms with Crippen molar-refractivity contribution in [1.29, 1.82) is 0 Å². The van der Waals surface area contributed by atoms with E-state index in [0.29, 0.717) is 6.54 Å². The van der Waals surface area contributed by atoms with Crippen molar-refractivity contribution >= 4 is 17.4 Å². The Labute approximate surface area is 101 Å². The maximum Gasteiger partial charge on any atom is 0.351 e. The lowest BCUT2D eigenvalue weighted by molar-refractivity contribution is -0.129. The number of hydrogen-bond acceptors (Lipinski definition) is 3. The topological polar surface area (TPSA) is 52.9 Å². The van der Waals surface area contributed by atoms with E-state index in [-0.39, 0.29) is 5.71 Å². The quantitative estimate of drug-likeness (QED) is 0.482. The first kappa shape index (κ1) is 13.0. The highest BCUT2D eigenvalue weighted by Crippen LogP contribution is 2.13. The molecule has 0 aliphatic rings. The van der Waals surface area contributed by atoms with E-state index in [1.54, 1.807) is 5.01 Å². The summed E-state index contributed by atoms with van der Waals surface area (Å²) >= 11 is 0. The number of anilines is 1. The molecule has 0 heterocycles. The third kappa shape index (κ3) is 4.10. The van der Waals surface area contributed by atoms with E-state index >= 15 is 0 Å². The molecular formula is C13H16N2O2. The van der Waals surface area contributed by atoms with Gasteiger partial charge in [0.1, 0.15) is 5.71 Å². The zero-order valence-corrected chi connectivity index (χ0v) is 10.00. The summed E-state index contributed by atoms with van der Waals surface area (Å²) in [4.78, 5) is 10.8. The normalized spacial score (nSPS) is 11.8. The van der Waals surface area contributed by atoms with Crippen LogP contribution in [0.15, 0.2) is 47.6 Å². The second kappa shape index (κ2) is 6.48. The van der Waals surface area contributed by atoms with Crippen molar-refractivity contribution in [2.45, 2.75) is 13.8 Å². The van der Waals surface area contributed by atoms with Gasteiger partial charge in [0, 0.05) is 0 Å². The molecule has 90 valence electrons. The lowest BCUT2D eigenvalue weighted by Gasteiger charge is -2.17. The first-order valence-electron chi connectivity index (χ1n) is 5.37. The summed E-state index contributed by atoms with van der Waals surface area (Å²) in [5.41, 5.74) is 0.935. The average molecular weight is 232 g/mol. The van der Waals surface area contributed by atoms with Crippen LogP contribution < -0.4 is 5.01 Å². The number of benzene rings is 1. The average Bonchev–Trinajstić information content (AvgIpc) is 2.35. The summed E-state index contributed by atoms with van der Waals surface area (Å²) in [6, 6.07) is 9.47. The zero-order chi connectivity index (χ0) is 12.7. The largest absolute Gasteiger partial charge is 0.477 e. The first-order valence-corrected chi connectivity index (χ1v) is 5.37. The van der Waals surface area contributed by atoms with Gasteiger partial charge in [0.15, 0.2) is 0 Å². The van der Waals surface area contributed by atoms with E-state index < -0.39 is 5.97 Å². The van der Waals surface area contributed by atoms with E-state index in [2.05, 4.69) is 5.10 Å². The minimum absolute atomic E-state index is 0.0679. The molecule has 0 saturated heterocycles. The molecule has 17 heavy (non-hydrogen) atoms. The van der Waals surface area contributed by atoms with Crippen LogP contribution >= 0.6 is 0 Å². The van der Waals surface area contributed by atoms with Gasteiger partial charge in [0.05, 0.1) is 12.2 Å². The molecule has 1 aromatic carbocycles. The van der Waals surface area contributed by atoms with Crippen LogP contribution in [0.1, 0.15) is 13.8 Å². The molecule has 0 saturated carbocycles. The fourth-order valence-corrected chi connectivity index (χ4v) is 1.23. The zero-order valence-electron chi connectivity index (χ0n) is 10.00. The summed E-state index contributed by atoms with van der Waals surface area (Å²) in [6.07, 6.45) is 3.83. The second-order valence-corrected chi connectivity index (χ2v) is 3.48. The maximum absolute atomic E-state index is 10.8. The predicted octanol–water partition coefficient (Wildman–Crippen LogP) is 2.53. The molecular weight excluding hydrogens is 216 g/mol. The van der Waals surface area contributed by atoms with Crippen LogP contribution in [0.2, 0.25) is 0 Å². The van der Waals surface area contributed by atoms with E-state index in [1.165, 1.54) is 6.92 Å². The molecule has 1 rings (SSSR count). The molecule has 0 amide bonds. The summed E-state index contributed by atoms with van der Waals surface area (Å²) in [7, 11) is 0. The molecule has 4 heteroatoms. The third-order valence-corrected chi connectivity index (χ3v) is 2.15. The van der Waals surface area contributed by atoms with Gasteiger partial charge < -0.3 is 5.11 Å². The van der Waals surface area contributed by atoms with Gasteiger partial charge in [-0.3, -0.25) is 5.01 Å². The van der Waals surface area contributed by atoms with Crippen LogP contribution in [-0.4, -0.2) is 23.3 Å². The van der Waals surface area contributed by atoms with Crippen molar-refractivity contribution in [2.75, 3.05) is 11.6 Å². The highest BCUT2D eigenvalue weighted by atomic mass is 16.4. The number of aliphatic carboxylic acids is 1. The van der Waals surface area contributed by atoms with Crippen molar-refractivity contribution < 1.29 is 9.90 Å². The Morgan fingerprint density at radius 3 is 2.59 bits per heavy atom. The fourth-order valence-electron chi connectivity index (χ4n) is 1.23. The molecule has 0 unspecified atom stereocenters. The maximum atomic E-state index is 10.8. The number of carbonyl (C=O) groups is 1. The van der Waals surface area contributed by atoms with Crippen molar-refractivity contribution in [3.63, 3.8) is 0 Å². The Morgan fingerprint density at radius 1 is 1.41 bits per heavy atom. The number of carboxylic acid groups (broad SMARTS) is 1. The van der Waals surface area contributed by atoms with Gasteiger partial charge in [0.25, 0.3) is 0 Å². The number of nitrogens with zero attached hydrogens (tertiary/aromatic N) is 2. The second-order valence-electron chi connectivity index (χ2n) is 3.48. The van der Waals surface area contributed by atoms with Crippen LogP contribution in [0.25, 0.3) is 0 Å². The third-order valence-electron chi connectivity index (χ3n) is 2.15. The summed E-state index contributed by atoms with van der Waals surface area (Å²) in [6.45, 7) is 3.94. The number of hydrazone groups is 1. The number of carboxylic acids is 1. The Morgan fingerprint density at radius 2 is 2.06 bits per heavy atom. The van der Waals surface area contributed by atoms with E-state index in [0.717, 1.165) is 5.69 Å². The number of allylic oxidation sites excluding steroid dienone is 1. The Kier molecular flexibility index (Phi) is 4.94. The van der Waals surface area contributed by atoms with E-state index in [1.807, 2.05) is 49.4 Å². The van der Waals surface area contributed by atoms with Gasteiger partial charge in [-0.1, -0.05) is 30.4 Å². The van der Waals surface area contributed by atoms with Gasteiger partial charge in [-0.2, -0.15) is 5.10 Å². The molecule has 0 fully saturated rings. The minimum Gasteiger partial charge on any atom is -0.477 e. The van der Waals surface area contributed by atoms with Crippen molar-refractivity contribution in [3.8, 4) is 0 Å². The van der Waals surface area contributed by atoms with E-state index in [4.69, 9.17) is 5.11 Å². The van der Waals surface area contributed by atoms with Crippen molar-refractivity contribution in [2.24, 2.45) is 5.10 Å². The Hall–Kier alpha value is -2.10. The van der Waals surface area contributed by atoms with Gasteiger partial charge >= 0.3 is 5.97 Å². The molecule has 0 spiro atoms. The lowest BCUT2D eigenvalue weighted by Crippen LogP contribution is -2.21. The number of hydrogen-bond donors (Lipinski definition) is 1. The fraction of sp³-hybridized carbons (Fsp3) is 0.231. The van der Waals surface area contributed by atoms with Crippen LogP contribution in [0, 0.1) is 0 Å². The highest BCUT2D eigenvalue weighted by Gasteiger charge is 2.07. The van der Waals surface area contributed by atoms with Gasteiger partial charge in [-0.25, -0.2) is 4.79 Å². The summed E-state index contributed by atoms with van der Waals surface area (Å²) in [5, 5.41) is 14.6. The molecule has 0 atom stereocenters. The molecule has 0 radical (unpaired) electrons. The van der Waals surface area contributed by atoms with Crippen LogP contribution in [0.3, 0.4) is 0 Å². The molecule has 1 aromatic rings. The summed E-state index contributed by atoms with van der Waals surface area (Å²) in [5.74, 6) is -1.01. The Bertz CT molecular complexity index is 424.